The molecule has 0 radical (unpaired) electrons. The lowest BCUT2D eigenvalue weighted by molar-refractivity contribution is -0.133. The van der Waals surface area contributed by atoms with E-state index in [1.165, 1.54) is 12.8 Å². The van der Waals surface area contributed by atoms with Gasteiger partial charge in [-0.1, -0.05) is 74.2 Å². The van der Waals surface area contributed by atoms with Gasteiger partial charge in [-0.3, -0.25) is 9.59 Å². The highest BCUT2D eigenvalue weighted by Gasteiger charge is 2.49. The number of benzene rings is 2. The van der Waals surface area contributed by atoms with E-state index in [1.54, 1.807) is 0 Å². The van der Waals surface area contributed by atoms with E-state index >= 15 is 0 Å². The van der Waals surface area contributed by atoms with Crippen LogP contribution in [0.25, 0.3) is 0 Å². The highest BCUT2D eigenvalue weighted by atomic mass is 16.2. The zero-order chi connectivity index (χ0) is 21.1. The highest BCUT2D eigenvalue weighted by molar-refractivity contribution is 6.02. The molecule has 1 heterocycles. The molecule has 4 nitrogen and oxygen atoms in total. The average molecular weight is 405 g/mol. The summed E-state index contributed by atoms with van der Waals surface area (Å²) in [5, 5.41) is 3.32. The topological polar surface area (TPSA) is 49.4 Å². The molecule has 1 saturated carbocycles. The van der Waals surface area contributed by atoms with Crippen LogP contribution < -0.4 is 5.32 Å². The predicted molar refractivity (Wildman–Crippen MR) is 119 cm³/mol. The number of amides is 2. The van der Waals surface area contributed by atoms with E-state index in [0.29, 0.717) is 12.0 Å². The lowest BCUT2D eigenvalue weighted by Gasteiger charge is -2.47. The standard InChI is InChI=1S/C26H32N2O2/c1-19(20-12-6-5-7-13-20)28-24(29)23-17-11-10-14-21(23)18-26(28,2)25(30)27-22-15-8-3-4-9-16-22/h5-7,10-14,17,19,22H,3-4,8-9,15-16,18H2,1-2H3,(H,27,30)/t19-,26-/m0/s1. The van der Waals surface area contributed by atoms with Gasteiger partial charge in [0.15, 0.2) is 0 Å². The first kappa shape index (κ1) is 20.6. The van der Waals surface area contributed by atoms with E-state index in [-0.39, 0.29) is 23.9 Å². The van der Waals surface area contributed by atoms with Crippen molar-refractivity contribution in [3.05, 3.63) is 71.3 Å². The normalized spacial score (nSPS) is 23.4. The summed E-state index contributed by atoms with van der Waals surface area (Å²) in [5.41, 5.74) is 1.78. The molecule has 1 aliphatic heterocycles. The third kappa shape index (κ3) is 3.88. The van der Waals surface area contributed by atoms with Crippen LogP contribution in [0.2, 0.25) is 0 Å². The van der Waals surface area contributed by atoms with Crippen LogP contribution in [-0.4, -0.2) is 28.3 Å². The van der Waals surface area contributed by atoms with Crippen molar-refractivity contribution in [2.24, 2.45) is 0 Å². The highest BCUT2D eigenvalue weighted by Crippen LogP contribution is 2.38. The van der Waals surface area contributed by atoms with Gasteiger partial charge in [0, 0.05) is 18.0 Å². The smallest absolute Gasteiger partial charge is 0.255 e. The summed E-state index contributed by atoms with van der Waals surface area (Å²) in [6.45, 7) is 3.96. The molecule has 0 bridgehead atoms. The Morgan fingerprint density at radius 3 is 2.33 bits per heavy atom. The van der Waals surface area contributed by atoms with E-state index in [4.69, 9.17) is 0 Å². The molecular formula is C26H32N2O2. The minimum absolute atomic E-state index is 0.0277. The Kier molecular flexibility index (Phi) is 5.94. The SMILES string of the molecule is C[C@@H](c1ccccc1)N1C(=O)c2ccccc2C[C@@]1(C)C(=O)NC1CCCCCC1. The minimum atomic E-state index is -0.924. The van der Waals surface area contributed by atoms with E-state index in [9.17, 15) is 9.59 Å². The van der Waals surface area contributed by atoms with Gasteiger partial charge in [0.05, 0.1) is 6.04 Å². The number of hydrogen-bond donors (Lipinski definition) is 1. The summed E-state index contributed by atoms with van der Waals surface area (Å²) in [4.78, 5) is 29.2. The van der Waals surface area contributed by atoms with Gasteiger partial charge in [0.25, 0.3) is 5.91 Å². The third-order valence-electron chi connectivity index (χ3n) is 6.88. The monoisotopic (exact) mass is 404 g/mol. The summed E-state index contributed by atoms with van der Waals surface area (Å²) in [6.07, 6.45) is 7.40. The summed E-state index contributed by atoms with van der Waals surface area (Å²) in [7, 11) is 0. The lowest BCUT2D eigenvalue weighted by atomic mass is 9.80. The van der Waals surface area contributed by atoms with Gasteiger partial charge in [-0.05, 0) is 43.9 Å². The number of hydrogen-bond acceptors (Lipinski definition) is 2. The molecule has 0 unspecified atom stereocenters. The van der Waals surface area contributed by atoms with Crippen LogP contribution in [0.3, 0.4) is 0 Å². The molecule has 4 rings (SSSR count). The van der Waals surface area contributed by atoms with Crippen molar-refractivity contribution in [2.45, 2.75) is 76.4 Å². The van der Waals surface area contributed by atoms with Crippen molar-refractivity contribution in [1.29, 1.82) is 0 Å². The molecule has 1 aliphatic carbocycles. The Balaban J connectivity index is 1.70. The van der Waals surface area contributed by atoms with Crippen LogP contribution >= 0.6 is 0 Å². The van der Waals surface area contributed by atoms with Gasteiger partial charge in [0.1, 0.15) is 5.54 Å². The van der Waals surface area contributed by atoms with Gasteiger partial charge in [-0.15, -0.1) is 0 Å². The molecule has 2 aliphatic rings. The fraction of sp³-hybridized carbons (Fsp3) is 0.462. The second-order valence-electron chi connectivity index (χ2n) is 9.03. The number of carbonyl (C=O) groups is 2. The predicted octanol–water partition coefficient (Wildman–Crippen LogP) is 5.04. The molecular weight excluding hydrogens is 372 g/mol. The zero-order valence-corrected chi connectivity index (χ0v) is 18.1. The molecule has 1 fully saturated rings. The number of carbonyl (C=O) groups excluding carboxylic acids is 2. The molecule has 1 N–H and O–H groups in total. The minimum Gasteiger partial charge on any atom is -0.351 e. The van der Waals surface area contributed by atoms with Gasteiger partial charge in [-0.25, -0.2) is 0 Å². The van der Waals surface area contributed by atoms with Crippen molar-refractivity contribution >= 4 is 11.8 Å². The van der Waals surface area contributed by atoms with Crippen LogP contribution in [0.5, 0.6) is 0 Å². The molecule has 158 valence electrons. The first-order valence-electron chi connectivity index (χ1n) is 11.3. The van der Waals surface area contributed by atoms with Crippen molar-refractivity contribution in [2.75, 3.05) is 0 Å². The molecule has 2 aromatic carbocycles. The van der Waals surface area contributed by atoms with Crippen LogP contribution in [-0.2, 0) is 11.2 Å². The molecule has 0 saturated heterocycles. The zero-order valence-electron chi connectivity index (χ0n) is 18.1. The number of rotatable bonds is 4. The van der Waals surface area contributed by atoms with Crippen LogP contribution in [0.15, 0.2) is 54.6 Å². The Labute approximate surface area is 179 Å². The van der Waals surface area contributed by atoms with Gasteiger partial charge in [0.2, 0.25) is 5.91 Å². The maximum absolute atomic E-state index is 13.7. The number of nitrogens with one attached hydrogen (secondary N) is 1. The Morgan fingerprint density at radius 1 is 1.00 bits per heavy atom. The summed E-state index contributed by atoms with van der Waals surface area (Å²) >= 11 is 0. The molecule has 2 atom stereocenters. The van der Waals surface area contributed by atoms with Gasteiger partial charge < -0.3 is 10.2 Å². The van der Waals surface area contributed by atoms with Crippen LogP contribution in [0.4, 0.5) is 0 Å². The lowest BCUT2D eigenvalue weighted by Crippen LogP contribution is -2.64. The summed E-state index contributed by atoms with van der Waals surface area (Å²) in [6, 6.07) is 17.7. The van der Waals surface area contributed by atoms with E-state index < -0.39 is 5.54 Å². The van der Waals surface area contributed by atoms with Crippen LogP contribution in [0, 0.1) is 0 Å². The largest absolute Gasteiger partial charge is 0.351 e. The first-order chi connectivity index (χ1) is 14.5. The average Bonchev–Trinajstić information content (AvgIpc) is 3.03. The fourth-order valence-corrected chi connectivity index (χ4v) is 5.13. The number of nitrogens with zero attached hydrogens (tertiary/aromatic N) is 1. The second kappa shape index (κ2) is 8.63. The van der Waals surface area contributed by atoms with E-state index in [2.05, 4.69) is 5.32 Å². The Hall–Kier alpha value is -2.62. The molecule has 0 aromatic heterocycles. The van der Waals surface area contributed by atoms with Crippen molar-refractivity contribution in [3.8, 4) is 0 Å². The summed E-state index contributed by atoms with van der Waals surface area (Å²) < 4.78 is 0. The maximum Gasteiger partial charge on any atom is 0.255 e. The number of fused-ring (bicyclic) bond motifs is 1. The first-order valence-corrected chi connectivity index (χ1v) is 11.3. The molecule has 2 aromatic rings. The quantitative estimate of drug-likeness (QED) is 0.726. The van der Waals surface area contributed by atoms with Gasteiger partial charge >= 0.3 is 0 Å². The van der Waals surface area contributed by atoms with E-state index in [1.807, 2.05) is 73.3 Å². The fourth-order valence-electron chi connectivity index (χ4n) is 5.13. The molecule has 4 heteroatoms. The third-order valence-corrected chi connectivity index (χ3v) is 6.88. The molecule has 30 heavy (non-hydrogen) atoms. The Morgan fingerprint density at radius 2 is 1.63 bits per heavy atom. The Bertz CT molecular complexity index is 902. The second-order valence-corrected chi connectivity index (χ2v) is 9.03. The van der Waals surface area contributed by atoms with Gasteiger partial charge in [-0.2, -0.15) is 0 Å². The van der Waals surface area contributed by atoms with Crippen molar-refractivity contribution in [1.82, 2.24) is 10.2 Å². The van der Waals surface area contributed by atoms with Crippen molar-refractivity contribution in [3.63, 3.8) is 0 Å². The molecule has 2 amide bonds. The van der Waals surface area contributed by atoms with Crippen LogP contribution in [0.1, 0.15) is 79.9 Å². The summed E-state index contributed by atoms with van der Waals surface area (Å²) in [5.74, 6) is -0.0910. The van der Waals surface area contributed by atoms with E-state index in [0.717, 1.165) is 36.8 Å². The van der Waals surface area contributed by atoms with Crippen molar-refractivity contribution < 1.29 is 9.59 Å². The molecule has 0 spiro atoms. The maximum atomic E-state index is 13.7.